The fraction of sp³-hybridized carbons (Fsp3) is 0.348. The minimum absolute atomic E-state index is 0.122. The van der Waals surface area contributed by atoms with E-state index in [1.54, 1.807) is 0 Å². The first-order valence-corrected chi connectivity index (χ1v) is 10.8. The second-order valence-corrected chi connectivity index (χ2v) is 8.25. The Kier molecular flexibility index (Phi) is 6.11. The number of aryl methyl sites for hydroxylation is 1. The van der Waals surface area contributed by atoms with Crippen molar-refractivity contribution < 1.29 is 5.11 Å². The Bertz CT molecular complexity index is 1090. The number of anilines is 1. The summed E-state index contributed by atoms with van der Waals surface area (Å²) in [5, 5.41) is 23.7. The lowest BCUT2D eigenvalue weighted by atomic mass is 10.0. The molecule has 2 aromatic carbocycles. The molecule has 1 aliphatic heterocycles. The fourth-order valence-corrected chi connectivity index (χ4v) is 4.16. The smallest absolute Gasteiger partial charge is 0.221 e. The highest BCUT2D eigenvalue weighted by atomic mass is 32.1. The highest BCUT2D eigenvalue weighted by molar-refractivity contribution is 7.80. The average Bonchev–Trinajstić information content (AvgIpc) is 3.01. The Labute approximate surface area is 182 Å². The van der Waals surface area contributed by atoms with E-state index in [-0.39, 0.29) is 11.0 Å². The number of likely N-dealkylation sites (tertiary alicyclic amines) is 1. The molecule has 1 aliphatic rings. The van der Waals surface area contributed by atoms with Crippen LogP contribution in [0, 0.1) is 6.92 Å². The van der Waals surface area contributed by atoms with Crippen LogP contribution in [0.5, 0.6) is 5.88 Å². The van der Waals surface area contributed by atoms with Gasteiger partial charge in [-0.2, -0.15) is 0 Å². The van der Waals surface area contributed by atoms with Crippen molar-refractivity contribution in [2.75, 3.05) is 11.9 Å². The summed E-state index contributed by atoms with van der Waals surface area (Å²) < 4.78 is 1.92. The molecule has 1 unspecified atom stereocenters. The van der Waals surface area contributed by atoms with Crippen LogP contribution in [0.3, 0.4) is 0 Å². The summed E-state index contributed by atoms with van der Waals surface area (Å²) >= 11 is 5.35. The summed E-state index contributed by atoms with van der Waals surface area (Å²) in [6.45, 7) is 5.92. The molecule has 0 aliphatic carbocycles. The third kappa shape index (κ3) is 4.22. The van der Waals surface area contributed by atoms with Gasteiger partial charge in [0.1, 0.15) is 0 Å². The molecule has 4 rings (SSSR count). The van der Waals surface area contributed by atoms with Gasteiger partial charge in [0.05, 0.1) is 12.2 Å². The highest BCUT2D eigenvalue weighted by Gasteiger charge is 2.22. The van der Waals surface area contributed by atoms with E-state index in [1.165, 1.54) is 19.3 Å². The molecule has 1 atom stereocenters. The van der Waals surface area contributed by atoms with Gasteiger partial charge in [-0.1, -0.05) is 42.8 Å². The number of thiocarbonyl (C=S) groups is 1. The van der Waals surface area contributed by atoms with Crippen LogP contribution in [-0.2, 0) is 6.67 Å². The Morgan fingerprint density at radius 2 is 1.93 bits per heavy atom. The number of benzene rings is 2. The van der Waals surface area contributed by atoms with Crippen LogP contribution < -0.4 is 5.32 Å². The maximum atomic E-state index is 11.0. The lowest BCUT2D eigenvalue weighted by molar-refractivity contribution is 0.120. The predicted molar refractivity (Wildman–Crippen MR) is 126 cm³/mol. The molecule has 0 radical (unpaired) electrons. The largest absolute Gasteiger partial charge is 0.493 e. The summed E-state index contributed by atoms with van der Waals surface area (Å²) in [5.74, 6) is 0.122. The van der Waals surface area contributed by atoms with Crippen molar-refractivity contribution in [3.05, 3.63) is 54.1 Å². The number of azo groups is 1. The quantitative estimate of drug-likeness (QED) is 0.402. The Morgan fingerprint density at radius 3 is 2.73 bits per heavy atom. The van der Waals surface area contributed by atoms with Crippen molar-refractivity contribution in [3.8, 4) is 5.88 Å². The van der Waals surface area contributed by atoms with E-state index >= 15 is 0 Å². The lowest BCUT2D eigenvalue weighted by Gasteiger charge is -2.33. The van der Waals surface area contributed by atoms with E-state index in [9.17, 15) is 5.11 Å². The van der Waals surface area contributed by atoms with Gasteiger partial charge in [-0.3, -0.25) is 9.47 Å². The van der Waals surface area contributed by atoms with Crippen LogP contribution in [0.25, 0.3) is 10.9 Å². The molecule has 156 valence electrons. The first-order valence-electron chi connectivity index (χ1n) is 10.4. The molecule has 30 heavy (non-hydrogen) atoms. The van der Waals surface area contributed by atoms with Crippen LogP contribution in [-0.4, -0.2) is 32.3 Å². The van der Waals surface area contributed by atoms with Crippen LogP contribution in [0.2, 0.25) is 0 Å². The zero-order valence-corrected chi connectivity index (χ0v) is 18.2. The number of hydrogen-bond donors (Lipinski definition) is 2. The van der Waals surface area contributed by atoms with E-state index in [1.807, 2.05) is 60.0 Å². The minimum Gasteiger partial charge on any atom is -0.493 e. The number of rotatable bonds is 4. The summed E-state index contributed by atoms with van der Waals surface area (Å²) in [6, 6.07) is 16.2. The topological polar surface area (TPSA) is 65.2 Å². The number of hydrogen-bond acceptors (Lipinski definition) is 4. The predicted octanol–water partition coefficient (Wildman–Crippen LogP) is 5.97. The van der Waals surface area contributed by atoms with Crippen molar-refractivity contribution >= 4 is 39.6 Å². The first-order chi connectivity index (χ1) is 14.5. The number of para-hydroxylation sites is 2. The molecule has 1 fully saturated rings. The SMILES string of the molecule is Cc1ccccc1NC(=S)N=Nc1c(O)n(CN2CCCCC2C)c2ccccc12. The van der Waals surface area contributed by atoms with Crippen LogP contribution in [0.1, 0.15) is 31.7 Å². The molecule has 6 nitrogen and oxygen atoms in total. The second kappa shape index (κ2) is 8.93. The normalized spacial score (nSPS) is 17.6. The highest BCUT2D eigenvalue weighted by Crippen LogP contribution is 2.39. The number of aromatic hydroxyl groups is 1. The van der Waals surface area contributed by atoms with E-state index < -0.39 is 0 Å². The van der Waals surface area contributed by atoms with Gasteiger partial charge >= 0.3 is 0 Å². The van der Waals surface area contributed by atoms with E-state index in [0.29, 0.717) is 18.4 Å². The van der Waals surface area contributed by atoms with Gasteiger partial charge in [-0.25, -0.2) is 0 Å². The molecular formula is C23H27N5OS. The Balaban J connectivity index is 1.61. The summed E-state index contributed by atoms with van der Waals surface area (Å²) in [7, 11) is 0. The van der Waals surface area contributed by atoms with Gasteiger partial charge < -0.3 is 10.4 Å². The molecule has 0 bridgehead atoms. The number of nitrogens with one attached hydrogen (secondary N) is 1. The zero-order chi connectivity index (χ0) is 21.1. The van der Waals surface area contributed by atoms with Gasteiger partial charge in [0.15, 0.2) is 5.69 Å². The van der Waals surface area contributed by atoms with Crippen molar-refractivity contribution in [2.45, 2.75) is 45.8 Å². The molecule has 2 heterocycles. The molecule has 2 N–H and O–H groups in total. The van der Waals surface area contributed by atoms with Gasteiger partial charge in [0.25, 0.3) is 0 Å². The van der Waals surface area contributed by atoms with Crippen molar-refractivity contribution in [2.24, 2.45) is 10.2 Å². The fourth-order valence-electron chi connectivity index (χ4n) is 4.01. The van der Waals surface area contributed by atoms with E-state index in [0.717, 1.165) is 28.7 Å². The average molecular weight is 422 g/mol. The molecule has 1 saturated heterocycles. The summed E-state index contributed by atoms with van der Waals surface area (Å²) in [6.07, 6.45) is 3.64. The number of nitrogens with zero attached hydrogens (tertiary/aromatic N) is 4. The van der Waals surface area contributed by atoms with Gasteiger partial charge in [-0.15, -0.1) is 10.2 Å². The van der Waals surface area contributed by atoms with Crippen LogP contribution in [0.15, 0.2) is 58.8 Å². The van der Waals surface area contributed by atoms with Gasteiger partial charge in [-0.05, 0) is 56.6 Å². The lowest BCUT2D eigenvalue weighted by Crippen LogP contribution is -2.38. The molecule has 0 spiro atoms. The number of aromatic nitrogens is 1. The third-order valence-electron chi connectivity index (χ3n) is 5.81. The molecule has 0 saturated carbocycles. The molecule has 3 aromatic rings. The minimum atomic E-state index is 0.122. The van der Waals surface area contributed by atoms with Crippen molar-refractivity contribution in [1.82, 2.24) is 9.47 Å². The monoisotopic (exact) mass is 421 g/mol. The Hall–Kier alpha value is -2.77. The molecule has 7 heteroatoms. The molecule has 1 aromatic heterocycles. The van der Waals surface area contributed by atoms with Crippen molar-refractivity contribution in [3.63, 3.8) is 0 Å². The second-order valence-electron chi connectivity index (χ2n) is 7.86. The maximum Gasteiger partial charge on any atom is 0.221 e. The van der Waals surface area contributed by atoms with E-state index in [4.69, 9.17) is 12.2 Å². The molecular weight excluding hydrogens is 394 g/mol. The zero-order valence-electron chi connectivity index (χ0n) is 17.4. The molecule has 0 amide bonds. The van der Waals surface area contributed by atoms with Crippen LogP contribution in [0.4, 0.5) is 11.4 Å². The standard InChI is InChI=1S/C23H27N5OS/c1-16-9-3-5-12-19(16)24-23(30)26-25-21-18-11-4-6-13-20(18)28(22(21)29)15-27-14-8-7-10-17(27)2/h3-6,9,11-13,17,29H,7-8,10,14-15H2,1-2H3,(H,24,30). The summed E-state index contributed by atoms with van der Waals surface area (Å²) in [4.78, 5) is 2.40. The number of fused-ring (bicyclic) bond motifs is 1. The van der Waals surface area contributed by atoms with Gasteiger partial charge in [0, 0.05) is 23.7 Å². The van der Waals surface area contributed by atoms with Crippen LogP contribution >= 0.6 is 12.2 Å². The first kappa shape index (κ1) is 20.5. The van der Waals surface area contributed by atoms with Crippen molar-refractivity contribution in [1.29, 1.82) is 0 Å². The number of piperidine rings is 1. The third-order valence-corrected chi connectivity index (χ3v) is 5.99. The van der Waals surface area contributed by atoms with E-state index in [2.05, 4.69) is 27.4 Å². The Morgan fingerprint density at radius 1 is 1.17 bits per heavy atom. The summed E-state index contributed by atoms with van der Waals surface area (Å²) in [5.41, 5.74) is 3.36. The van der Waals surface area contributed by atoms with Gasteiger partial charge in [0.2, 0.25) is 11.0 Å². The maximum absolute atomic E-state index is 11.0.